The van der Waals surface area contributed by atoms with Gasteiger partial charge in [0, 0.05) is 56.9 Å². The lowest BCUT2D eigenvalue weighted by Gasteiger charge is -2.32. The number of nitrogens with zero attached hydrogens (tertiary/aromatic N) is 2. The van der Waals surface area contributed by atoms with Crippen molar-refractivity contribution in [3.05, 3.63) is 40.9 Å². The second-order valence-electron chi connectivity index (χ2n) is 13.0. The molecule has 0 unspecified atom stereocenters. The number of hydrogen-bond acceptors (Lipinski definition) is 8. The lowest BCUT2D eigenvalue weighted by molar-refractivity contribution is -0.130. The van der Waals surface area contributed by atoms with Crippen LogP contribution in [0.4, 0.5) is 0 Å². The maximum absolute atomic E-state index is 13.9. The first-order chi connectivity index (χ1) is 20.9. The van der Waals surface area contributed by atoms with E-state index in [9.17, 15) is 22.8 Å². The van der Waals surface area contributed by atoms with Gasteiger partial charge in [0.1, 0.15) is 5.78 Å². The van der Waals surface area contributed by atoms with Gasteiger partial charge in [-0.3, -0.25) is 19.3 Å². The second-order valence-corrected chi connectivity index (χ2v) is 16.4. The lowest BCUT2D eigenvalue weighted by Crippen LogP contribution is -2.45. The minimum atomic E-state index is -2.99. The Kier molecular flexibility index (Phi) is 12.3. The van der Waals surface area contributed by atoms with Gasteiger partial charge in [0.25, 0.3) is 0 Å². The smallest absolute Gasteiger partial charge is 0.224 e. The van der Waals surface area contributed by atoms with E-state index in [2.05, 4.69) is 37.9 Å². The molecule has 2 atom stereocenters. The maximum atomic E-state index is 13.9. The van der Waals surface area contributed by atoms with E-state index in [1.54, 1.807) is 11.3 Å². The van der Waals surface area contributed by atoms with Gasteiger partial charge >= 0.3 is 0 Å². The number of sulfone groups is 1. The first-order valence-electron chi connectivity index (χ1n) is 16.3. The molecule has 1 aromatic heterocycles. The molecule has 2 aromatic rings. The Hall–Kier alpha value is -2.43. The average molecular weight is 644 g/mol. The molecule has 44 heavy (non-hydrogen) atoms. The number of rotatable bonds is 15. The molecule has 242 valence electrons. The first-order valence-corrected chi connectivity index (χ1v) is 18.9. The van der Waals surface area contributed by atoms with E-state index in [1.807, 2.05) is 17.9 Å². The standard InChI is InChI=1S/C34H49N3O5S2/c1-5-28(38)19-27(21-33-35-30-12-11-26(23(2)3)20-32(30)43-33)34(40)36-29(25-9-7-6-8-10-25)13-14-31(39)24(4)22-37-15-17-44(41,42)18-16-37/h11-12,20,23,25,27,29H,4-10,13-19,21-22H2,1-3H3,(H,36,40)/t27-,29+/m0/s1. The molecule has 0 bridgehead atoms. The SMILES string of the molecule is C=C(CN1CCS(=O)(=O)CC1)C(=O)CC[C@@H](NC(=O)[C@@H](CC(=O)CC)Cc1nc2ccc(C(C)C)cc2s1)C1CCCCC1. The number of Topliss-reactive ketones (excluding diaryl/α,β-unsaturated/α-hetero) is 2. The fourth-order valence-electron chi connectivity index (χ4n) is 6.32. The molecule has 1 aromatic carbocycles. The summed E-state index contributed by atoms with van der Waals surface area (Å²) in [5, 5.41) is 4.16. The summed E-state index contributed by atoms with van der Waals surface area (Å²) in [5.41, 5.74) is 2.65. The number of fused-ring (bicyclic) bond motifs is 1. The van der Waals surface area contributed by atoms with Crippen molar-refractivity contribution in [3.63, 3.8) is 0 Å². The molecule has 0 radical (unpaired) electrons. The highest BCUT2D eigenvalue weighted by Gasteiger charge is 2.31. The van der Waals surface area contributed by atoms with Gasteiger partial charge in [-0.1, -0.05) is 52.7 Å². The Morgan fingerprint density at radius 1 is 1.11 bits per heavy atom. The Balaban J connectivity index is 1.43. The summed E-state index contributed by atoms with van der Waals surface area (Å²) in [6.45, 7) is 11.4. The molecule has 0 spiro atoms. The molecule has 10 heteroatoms. The van der Waals surface area contributed by atoms with E-state index in [0.29, 0.717) is 56.3 Å². The van der Waals surface area contributed by atoms with Gasteiger partial charge in [0.2, 0.25) is 5.91 Å². The van der Waals surface area contributed by atoms with Crippen LogP contribution in [0.15, 0.2) is 30.4 Å². The van der Waals surface area contributed by atoms with Crippen molar-refractivity contribution >= 4 is 48.9 Å². The monoisotopic (exact) mass is 643 g/mol. The third-order valence-corrected chi connectivity index (χ3v) is 11.9. The van der Waals surface area contributed by atoms with Crippen molar-refractivity contribution < 1.29 is 22.8 Å². The molecule has 1 N–H and O–H groups in total. The van der Waals surface area contributed by atoms with E-state index in [-0.39, 0.29) is 47.9 Å². The second kappa shape index (κ2) is 15.7. The summed E-state index contributed by atoms with van der Waals surface area (Å²) in [6, 6.07) is 6.16. The molecule has 1 aliphatic carbocycles. The van der Waals surface area contributed by atoms with Crippen LogP contribution in [0.5, 0.6) is 0 Å². The molecule has 1 saturated carbocycles. The third kappa shape index (κ3) is 9.78. The molecular formula is C34H49N3O5S2. The van der Waals surface area contributed by atoms with E-state index < -0.39 is 15.8 Å². The van der Waals surface area contributed by atoms with Crippen LogP contribution in [0.2, 0.25) is 0 Å². The Bertz CT molecular complexity index is 1430. The molecule has 4 rings (SSSR count). The van der Waals surface area contributed by atoms with Gasteiger partial charge in [0.05, 0.1) is 32.6 Å². The van der Waals surface area contributed by atoms with Gasteiger partial charge < -0.3 is 5.32 Å². The summed E-state index contributed by atoms with van der Waals surface area (Å²) in [4.78, 5) is 46.4. The summed E-state index contributed by atoms with van der Waals surface area (Å²) in [7, 11) is -2.99. The number of amides is 1. The first kappa shape index (κ1) is 34.4. The lowest BCUT2D eigenvalue weighted by atomic mass is 9.81. The fraction of sp³-hybridized carbons (Fsp3) is 0.647. The van der Waals surface area contributed by atoms with Crippen LogP contribution in [0.1, 0.15) is 95.0 Å². The van der Waals surface area contributed by atoms with Crippen molar-refractivity contribution in [3.8, 4) is 0 Å². The molecular weight excluding hydrogens is 595 g/mol. The zero-order valence-electron chi connectivity index (χ0n) is 26.6. The van der Waals surface area contributed by atoms with Crippen LogP contribution >= 0.6 is 11.3 Å². The van der Waals surface area contributed by atoms with Crippen molar-refractivity contribution in [1.29, 1.82) is 0 Å². The Morgan fingerprint density at radius 3 is 2.48 bits per heavy atom. The Morgan fingerprint density at radius 2 is 1.82 bits per heavy atom. The van der Waals surface area contributed by atoms with E-state index in [0.717, 1.165) is 40.9 Å². The van der Waals surface area contributed by atoms with Crippen molar-refractivity contribution in [1.82, 2.24) is 15.2 Å². The average Bonchev–Trinajstić information content (AvgIpc) is 3.41. The Labute approximate surface area is 267 Å². The van der Waals surface area contributed by atoms with Crippen LogP contribution in [-0.4, -0.2) is 73.0 Å². The van der Waals surface area contributed by atoms with Gasteiger partial charge in [-0.05, 0) is 48.8 Å². The number of ketones is 2. The van der Waals surface area contributed by atoms with E-state index in [1.165, 1.54) is 12.0 Å². The summed E-state index contributed by atoms with van der Waals surface area (Å²) >= 11 is 1.59. The summed E-state index contributed by atoms with van der Waals surface area (Å²) < 4.78 is 24.6. The van der Waals surface area contributed by atoms with Gasteiger partial charge in [-0.15, -0.1) is 11.3 Å². The molecule has 8 nitrogen and oxygen atoms in total. The van der Waals surface area contributed by atoms with Crippen LogP contribution in [0.3, 0.4) is 0 Å². The fourth-order valence-corrected chi connectivity index (χ4v) is 8.69. The summed E-state index contributed by atoms with van der Waals surface area (Å²) in [5.74, 6) is 0.297. The normalized spacial score (nSPS) is 19.1. The topological polar surface area (TPSA) is 114 Å². The number of carbonyl (C=O) groups is 3. The largest absolute Gasteiger partial charge is 0.353 e. The number of benzene rings is 1. The van der Waals surface area contributed by atoms with Crippen LogP contribution in [0.25, 0.3) is 10.2 Å². The number of thiazole rings is 1. The van der Waals surface area contributed by atoms with E-state index in [4.69, 9.17) is 4.98 Å². The highest BCUT2D eigenvalue weighted by atomic mass is 32.2. The molecule has 2 aliphatic rings. The van der Waals surface area contributed by atoms with Crippen LogP contribution in [-0.2, 0) is 30.6 Å². The van der Waals surface area contributed by atoms with Crippen LogP contribution in [0, 0.1) is 11.8 Å². The molecule has 1 aliphatic heterocycles. The van der Waals surface area contributed by atoms with Gasteiger partial charge in [0.15, 0.2) is 15.6 Å². The minimum absolute atomic E-state index is 0.0403. The molecule has 1 amide bonds. The predicted molar refractivity (Wildman–Crippen MR) is 178 cm³/mol. The maximum Gasteiger partial charge on any atom is 0.224 e. The molecule has 1 saturated heterocycles. The predicted octanol–water partition coefficient (Wildman–Crippen LogP) is 5.65. The molecule has 2 fully saturated rings. The number of carbonyl (C=O) groups excluding carboxylic acids is 3. The zero-order valence-corrected chi connectivity index (χ0v) is 28.2. The highest BCUT2D eigenvalue weighted by molar-refractivity contribution is 7.91. The molecule has 2 heterocycles. The van der Waals surface area contributed by atoms with Gasteiger partial charge in [-0.25, -0.2) is 13.4 Å². The third-order valence-electron chi connectivity index (χ3n) is 9.26. The minimum Gasteiger partial charge on any atom is -0.353 e. The number of aromatic nitrogens is 1. The van der Waals surface area contributed by atoms with E-state index >= 15 is 0 Å². The number of nitrogens with one attached hydrogen (secondary N) is 1. The highest BCUT2D eigenvalue weighted by Crippen LogP contribution is 2.31. The van der Waals surface area contributed by atoms with Crippen molar-refractivity contribution in [2.45, 2.75) is 96.9 Å². The number of hydrogen-bond donors (Lipinski definition) is 1. The van der Waals surface area contributed by atoms with Crippen LogP contribution < -0.4 is 5.32 Å². The zero-order chi connectivity index (χ0) is 31.9. The quantitative estimate of drug-likeness (QED) is 0.250. The van der Waals surface area contributed by atoms with Crippen molar-refractivity contribution in [2.24, 2.45) is 11.8 Å². The van der Waals surface area contributed by atoms with Gasteiger partial charge in [-0.2, -0.15) is 0 Å². The summed E-state index contributed by atoms with van der Waals surface area (Å²) in [6.07, 6.45) is 7.19. The van der Waals surface area contributed by atoms with Crippen molar-refractivity contribution in [2.75, 3.05) is 31.1 Å².